The molecule has 0 aliphatic carbocycles. The number of ether oxygens (including phenoxy) is 1. The number of hydrogen-bond donors (Lipinski definition) is 1. The van der Waals surface area contributed by atoms with Crippen LogP contribution in [0.15, 0.2) is 53.7 Å². The Balaban J connectivity index is 1.71. The van der Waals surface area contributed by atoms with Gasteiger partial charge in [-0.15, -0.1) is 5.10 Å². The number of carbonyl (C=O) groups is 1. The Hall–Kier alpha value is -2.87. The van der Waals surface area contributed by atoms with E-state index < -0.39 is 5.25 Å². The van der Waals surface area contributed by atoms with Crippen molar-refractivity contribution in [1.29, 1.82) is 0 Å². The fourth-order valence-electron chi connectivity index (χ4n) is 2.82. The second kappa shape index (κ2) is 9.30. The van der Waals surface area contributed by atoms with Crippen molar-refractivity contribution in [1.82, 2.24) is 20.2 Å². The number of anilines is 1. The molecule has 1 amide bonds. The molecule has 158 valence electrons. The summed E-state index contributed by atoms with van der Waals surface area (Å²) in [5.41, 5.74) is 2.79. The largest absolute Gasteiger partial charge is 0.492 e. The number of para-hydroxylation sites is 2. The van der Waals surface area contributed by atoms with Crippen LogP contribution in [0.4, 0.5) is 5.69 Å². The third-order valence-electron chi connectivity index (χ3n) is 4.50. The second-order valence-electron chi connectivity index (χ2n) is 7.85. The molecule has 1 aromatic heterocycles. The highest BCUT2D eigenvalue weighted by atomic mass is 32.2. The van der Waals surface area contributed by atoms with Gasteiger partial charge in [-0.2, -0.15) is 4.68 Å². The maximum Gasteiger partial charge on any atom is 0.237 e. The van der Waals surface area contributed by atoms with E-state index >= 15 is 0 Å². The Morgan fingerprint density at radius 1 is 1.17 bits per heavy atom. The molecule has 3 rings (SSSR count). The maximum atomic E-state index is 12.7. The number of hydrogen-bond acceptors (Lipinski definition) is 6. The predicted molar refractivity (Wildman–Crippen MR) is 119 cm³/mol. The van der Waals surface area contributed by atoms with Crippen molar-refractivity contribution in [3.63, 3.8) is 0 Å². The van der Waals surface area contributed by atoms with Gasteiger partial charge in [-0.05, 0) is 59.5 Å². The molecule has 0 bridgehead atoms. The van der Waals surface area contributed by atoms with E-state index in [-0.39, 0.29) is 11.3 Å². The van der Waals surface area contributed by atoms with Crippen LogP contribution < -0.4 is 10.1 Å². The van der Waals surface area contributed by atoms with Gasteiger partial charge in [-0.3, -0.25) is 4.79 Å². The summed E-state index contributed by atoms with van der Waals surface area (Å²) >= 11 is 1.29. The zero-order valence-corrected chi connectivity index (χ0v) is 18.7. The highest BCUT2D eigenvalue weighted by molar-refractivity contribution is 8.00. The number of aromatic nitrogens is 4. The van der Waals surface area contributed by atoms with Gasteiger partial charge in [0.05, 0.1) is 11.9 Å². The molecular weight excluding hydrogens is 398 g/mol. The number of thioether (sulfide) groups is 1. The third kappa shape index (κ3) is 5.18. The predicted octanol–water partition coefficient (Wildman–Crippen LogP) is 4.48. The number of nitrogens with one attached hydrogen (secondary N) is 1. The molecule has 0 radical (unpaired) electrons. The summed E-state index contributed by atoms with van der Waals surface area (Å²) < 4.78 is 7.27. The first-order valence-corrected chi connectivity index (χ1v) is 10.8. The molecule has 0 spiro atoms. The number of tetrazole rings is 1. The first kappa shape index (κ1) is 21.8. The molecule has 30 heavy (non-hydrogen) atoms. The number of carbonyl (C=O) groups excluding carboxylic acids is 1. The van der Waals surface area contributed by atoms with Gasteiger partial charge in [0.15, 0.2) is 0 Å². The summed E-state index contributed by atoms with van der Waals surface area (Å²) in [5.74, 6) is 0.571. The zero-order chi connectivity index (χ0) is 21.7. The zero-order valence-electron chi connectivity index (χ0n) is 17.9. The molecule has 1 atom stereocenters. The van der Waals surface area contributed by atoms with E-state index in [1.54, 1.807) is 4.68 Å². The van der Waals surface area contributed by atoms with Crippen LogP contribution in [0.2, 0.25) is 0 Å². The van der Waals surface area contributed by atoms with Crippen LogP contribution in [0, 0.1) is 0 Å². The van der Waals surface area contributed by atoms with Crippen LogP contribution in [0.3, 0.4) is 0 Å². The Morgan fingerprint density at radius 2 is 1.87 bits per heavy atom. The minimum Gasteiger partial charge on any atom is -0.492 e. The molecule has 1 unspecified atom stereocenters. The molecule has 3 aromatic rings. The molecule has 0 saturated carbocycles. The SMILES string of the molecule is CCOc1ccccc1-n1nnnc1SC(C)C(=O)Nc1ccc(C(C)(C)C)cc1. The van der Waals surface area contributed by atoms with Crippen molar-refractivity contribution in [3.8, 4) is 11.4 Å². The van der Waals surface area contributed by atoms with Gasteiger partial charge in [-0.1, -0.05) is 56.8 Å². The number of nitrogens with zero attached hydrogens (tertiary/aromatic N) is 4. The van der Waals surface area contributed by atoms with E-state index in [0.717, 1.165) is 11.4 Å². The Kier molecular flexibility index (Phi) is 6.77. The quantitative estimate of drug-likeness (QED) is 0.562. The van der Waals surface area contributed by atoms with Crippen LogP contribution in [-0.2, 0) is 10.2 Å². The van der Waals surface area contributed by atoms with E-state index in [9.17, 15) is 4.79 Å². The van der Waals surface area contributed by atoms with Crippen LogP contribution in [0.5, 0.6) is 5.75 Å². The van der Waals surface area contributed by atoms with E-state index in [2.05, 4.69) is 41.6 Å². The fraction of sp³-hybridized carbons (Fsp3) is 0.364. The summed E-state index contributed by atoms with van der Waals surface area (Å²) in [4.78, 5) is 12.7. The lowest BCUT2D eigenvalue weighted by atomic mass is 9.87. The Labute approximate surface area is 181 Å². The molecule has 0 saturated heterocycles. The molecule has 2 aromatic carbocycles. The summed E-state index contributed by atoms with van der Waals surface area (Å²) in [6, 6.07) is 15.5. The van der Waals surface area contributed by atoms with Gasteiger partial charge in [0.2, 0.25) is 11.1 Å². The van der Waals surface area contributed by atoms with Gasteiger partial charge in [0, 0.05) is 5.69 Å². The van der Waals surface area contributed by atoms with Gasteiger partial charge < -0.3 is 10.1 Å². The second-order valence-corrected chi connectivity index (χ2v) is 9.16. The van der Waals surface area contributed by atoms with Gasteiger partial charge in [0.25, 0.3) is 0 Å². The molecule has 8 heteroatoms. The lowest BCUT2D eigenvalue weighted by Gasteiger charge is -2.19. The van der Waals surface area contributed by atoms with Crippen molar-refractivity contribution >= 4 is 23.4 Å². The van der Waals surface area contributed by atoms with Crippen molar-refractivity contribution in [2.24, 2.45) is 0 Å². The van der Waals surface area contributed by atoms with E-state index in [1.165, 1.54) is 17.3 Å². The van der Waals surface area contributed by atoms with Crippen LogP contribution >= 0.6 is 11.8 Å². The van der Waals surface area contributed by atoms with Crippen LogP contribution in [0.25, 0.3) is 5.69 Å². The molecule has 0 aliphatic rings. The Bertz CT molecular complexity index is 995. The topological polar surface area (TPSA) is 81.9 Å². The highest BCUT2D eigenvalue weighted by Crippen LogP contribution is 2.29. The van der Waals surface area contributed by atoms with E-state index in [0.29, 0.717) is 17.5 Å². The van der Waals surface area contributed by atoms with Crippen LogP contribution in [-0.4, -0.2) is 38.0 Å². The summed E-state index contributed by atoms with van der Waals surface area (Å²) in [5, 5.41) is 15.0. The summed E-state index contributed by atoms with van der Waals surface area (Å²) in [7, 11) is 0. The van der Waals surface area contributed by atoms with Crippen molar-refractivity contribution < 1.29 is 9.53 Å². The number of amides is 1. The average Bonchev–Trinajstić information content (AvgIpc) is 3.16. The summed E-state index contributed by atoms with van der Waals surface area (Å²) in [6.45, 7) is 10.8. The van der Waals surface area contributed by atoms with E-state index in [1.807, 2.05) is 62.4 Å². The first-order valence-electron chi connectivity index (χ1n) is 9.88. The van der Waals surface area contributed by atoms with Crippen molar-refractivity contribution in [2.45, 2.75) is 50.4 Å². The maximum absolute atomic E-state index is 12.7. The van der Waals surface area contributed by atoms with E-state index in [4.69, 9.17) is 4.74 Å². The standard InChI is InChI=1S/C22H27N5O2S/c1-6-29-19-10-8-7-9-18(19)27-21(24-25-26-27)30-15(2)20(28)23-17-13-11-16(12-14-17)22(3,4)5/h7-15H,6H2,1-5H3,(H,23,28). The first-order chi connectivity index (χ1) is 14.3. The van der Waals surface area contributed by atoms with Gasteiger partial charge in [-0.25, -0.2) is 0 Å². The minimum atomic E-state index is -0.392. The third-order valence-corrected chi connectivity index (χ3v) is 5.54. The average molecular weight is 426 g/mol. The molecule has 1 heterocycles. The van der Waals surface area contributed by atoms with Crippen molar-refractivity contribution in [3.05, 3.63) is 54.1 Å². The summed E-state index contributed by atoms with van der Waals surface area (Å²) in [6.07, 6.45) is 0. The lowest BCUT2D eigenvalue weighted by molar-refractivity contribution is -0.115. The van der Waals surface area contributed by atoms with Crippen molar-refractivity contribution in [2.75, 3.05) is 11.9 Å². The monoisotopic (exact) mass is 425 g/mol. The lowest BCUT2D eigenvalue weighted by Crippen LogP contribution is -2.23. The highest BCUT2D eigenvalue weighted by Gasteiger charge is 2.21. The minimum absolute atomic E-state index is 0.0700. The normalized spacial score (nSPS) is 12.4. The molecule has 7 nitrogen and oxygen atoms in total. The number of benzene rings is 2. The molecule has 0 aliphatic heterocycles. The Morgan fingerprint density at radius 3 is 2.53 bits per heavy atom. The smallest absolute Gasteiger partial charge is 0.237 e. The fourth-order valence-corrected chi connectivity index (χ4v) is 3.62. The number of rotatable bonds is 7. The van der Waals surface area contributed by atoms with Gasteiger partial charge in [0.1, 0.15) is 11.4 Å². The molecule has 1 N–H and O–H groups in total. The van der Waals surface area contributed by atoms with Gasteiger partial charge >= 0.3 is 0 Å². The van der Waals surface area contributed by atoms with Crippen LogP contribution in [0.1, 0.15) is 40.2 Å². The molecular formula is C22H27N5O2S. The molecule has 0 fully saturated rings.